The molecule has 0 aliphatic rings. The van der Waals surface area contributed by atoms with Crippen LogP contribution in [0.4, 0.5) is 0 Å². The van der Waals surface area contributed by atoms with Crippen LogP contribution in [0.25, 0.3) is 0 Å². The second-order valence-corrected chi connectivity index (χ2v) is 4.73. The van der Waals surface area contributed by atoms with E-state index in [2.05, 4.69) is 0 Å². The SMILES string of the molecule is Oc1cc(CCl)ccc1Sc1ccccc1. The van der Waals surface area contributed by atoms with Crippen LogP contribution < -0.4 is 0 Å². The lowest BCUT2D eigenvalue weighted by molar-refractivity contribution is 0.462. The highest BCUT2D eigenvalue weighted by molar-refractivity contribution is 7.99. The molecule has 0 aliphatic carbocycles. The average Bonchev–Trinajstić information content (AvgIpc) is 2.33. The van der Waals surface area contributed by atoms with Crippen molar-refractivity contribution in [3.05, 3.63) is 54.1 Å². The Balaban J connectivity index is 2.22. The van der Waals surface area contributed by atoms with E-state index in [1.165, 1.54) is 0 Å². The first-order chi connectivity index (χ1) is 7.79. The van der Waals surface area contributed by atoms with Crippen molar-refractivity contribution in [3.8, 4) is 5.75 Å². The zero-order valence-corrected chi connectivity index (χ0v) is 10.1. The Labute approximate surface area is 104 Å². The molecule has 0 saturated carbocycles. The molecule has 2 aromatic carbocycles. The zero-order valence-electron chi connectivity index (χ0n) is 8.56. The lowest BCUT2D eigenvalue weighted by Gasteiger charge is -2.05. The smallest absolute Gasteiger partial charge is 0.129 e. The van der Waals surface area contributed by atoms with Gasteiger partial charge in [0.15, 0.2) is 0 Å². The Bertz CT molecular complexity index is 471. The lowest BCUT2D eigenvalue weighted by Crippen LogP contribution is -1.80. The summed E-state index contributed by atoms with van der Waals surface area (Å²) in [7, 11) is 0. The molecule has 3 heteroatoms. The number of benzene rings is 2. The van der Waals surface area contributed by atoms with Gasteiger partial charge >= 0.3 is 0 Å². The summed E-state index contributed by atoms with van der Waals surface area (Å²) in [5.41, 5.74) is 0.927. The van der Waals surface area contributed by atoms with Crippen LogP contribution in [0, 0.1) is 0 Å². The lowest BCUT2D eigenvalue weighted by atomic mass is 10.2. The summed E-state index contributed by atoms with van der Waals surface area (Å²) in [6, 6.07) is 15.5. The number of halogens is 1. The van der Waals surface area contributed by atoms with E-state index < -0.39 is 0 Å². The molecule has 82 valence electrons. The fourth-order valence-electron chi connectivity index (χ4n) is 1.35. The van der Waals surface area contributed by atoms with E-state index >= 15 is 0 Å². The Morgan fingerprint density at radius 2 is 1.81 bits per heavy atom. The summed E-state index contributed by atoms with van der Waals surface area (Å²) in [4.78, 5) is 1.96. The van der Waals surface area contributed by atoms with Crippen molar-refractivity contribution in [2.45, 2.75) is 15.7 Å². The van der Waals surface area contributed by atoms with Gasteiger partial charge < -0.3 is 5.11 Å². The Hall–Kier alpha value is -1.12. The second-order valence-electron chi connectivity index (χ2n) is 3.35. The normalized spacial score (nSPS) is 10.3. The van der Waals surface area contributed by atoms with Gasteiger partial charge in [-0.05, 0) is 29.8 Å². The molecule has 2 rings (SSSR count). The summed E-state index contributed by atoms with van der Waals surface area (Å²) in [6.07, 6.45) is 0. The molecule has 1 nitrogen and oxygen atoms in total. The number of hydrogen-bond donors (Lipinski definition) is 1. The molecule has 0 amide bonds. The van der Waals surface area contributed by atoms with E-state index in [4.69, 9.17) is 11.6 Å². The maximum Gasteiger partial charge on any atom is 0.129 e. The highest BCUT2D eigenvalue weighted by atomic mass is 35.5. The topological polar surface area (TPSA) is 20.2 Å². The van der Waals surface area contributed by atoms with Gasteiger partial charge in [-0.1, -0.05) is 36.0 Å². The predicted octanol–water partition coefficient (Wildman–Crippen LogP) is 4.28. The molecule has 0 aromatic heterocycles. The Morgan fingerprint density at radius 1 is 1.06 bits per heavy atom. The molecule has 0 aliphatic heterocycles. The van der Waals surface area contributed by atoms with Gasteiger partial charge in [0.1, 0.15) is 5.75 Å². The number of aromatic hydroxyl groups is 1. The number of phenolic OH excluding ortho intramolecular Hbond substituents is 1. The molecule has 2 aromatic rings. The van der Waals surface area contributed by atoms with Gasteiger partial charge in [-0.25, -0.2) is 0 Å². The minimum Gasteiger partial charge on any atom is -0.507 e. The van der Waals surface area contributed by atoms with Gasteiger partial charge in [0, 0.05) is 10.8 Å². The van der Waals surface area contributed by atoms with Gasteiger partial charge in [0.05, 0.1) is 4.90 Å². The third kappa shape index (κ3) is 2.71. The van der Waals surface area contributed by atoms with Crippen molar-refractivity contribution in [1.29, 1.82) is 0 Å². The molecule has 0 heterocycles. The molecule has 0 atom stereocenters. The maximum atomic E-state index is 9.80. The van der Waals surface area contributed by atoms with Crippen molar-refractivity contribution in [1.82, 2.24) is 0 Å². The third-order valence-electron chi connectivity index (χ3n) is 2.15. The first-order valence-electron chi connectivity index (χ1n) is 4.90. The standard InChI is InChI=1S/C13H11ClOS/c14-9-10-6-7-13(12(15)8-10)16-11-4-2-1-3-5-11/h1-8,15H,9H2. The van der Waals surface area contributed by atoms with Crippen LogP contribution in [-0.2, 0) is 5.88 Å². The fourth-order valence-corrected chi connectivity index (χ4v) is 2.36. The molecule has 0 bridgehead atoms. The second kappa shape index (κ2) is 5.28. The average molecular weight is 251 g/mol. The minimum atomic E-state index is 0.284. The van der Waals surface area contributed by atoms with Crippen LogP contribution in [0.5, 0.6) is 5.75 Å². The van der Waals surface area contributed by atoms with E-state index in [9.17, 15) is 5.11 Å². The first kappa shape index (κ1) is 11.4. The van der Waals surface area contributed by atoms with Crippen molar-refractivity contribution in [2.24, 2.45) is 0 Å². The number of phenols is 1. The first-order valence-corrected chi connectivity index (χ1v) is 6.25. The quantitative estimate of drug-likeness (QED) is 0.821. The summed E-state index contributed by atoms with van der Waals surface area (Å²) in [5.74, 6) is 0.705. The van der Waals surface area contributed by atoms with Crippen LogP contribution in [-0.4, -0.2) is 5.11 Å². The predicted molar refractivity (Wildman–Crippen MR) is 68.2 cm³/mol. The summed E-state index contributed by atoms with van der Waals surface area (Å²) < 4.78 is 0. The molecule has 0 radical (unpaired) electrons. The van der Waals surface area contributed by atoms with Crippen LogP contribution in [0.1, 0.15) is 5.56 Å². The Kier molecular flexibility index (Phi) is 3.75. The van der Waals surface area contributed by atoms with E-state index in [1.807, 2.05) is 42.5 Å². The maximum absolute atomic E-state index is 9.80. The van der Waals surface area contributed by atoms with Crippen molar-refractivity contribution >= 4 is 23.4 Å². The Morgan fingerprint density at radius 3 is 2.44 bits per heavy atom. The molecule has 0 unspecified atom stereocenters. The number of rotatable bonds is 3. The van der Waals surface area contributed by atoms with Crippen molar-refractivity contribution < 1.29 is 5.11 Å². The van der Waals surface area contributed by atoms with E-state index in [0.717, 1.165) is 15.4 Å². The molecular weight excluding hydrogens is 240 g/mol. The zero-order chi connectivity index (χ0) is 11.4. The van der Waals surface area contributed by atoms with Gasteiger partial charge in [-0.3, -0.25) is 0 Å². The van der Waals surface area contributed by atoms with E-state index in [-0.39, 0.29) is 5.75 Å². The molecule has 1 N–H and O–H groups in total. The molecular formula is C13H11ClOS. The van der Waals surface area contributed by atoms with Crippen LogP contribution in [0.3, 0.4) is 0 Å². The molecule has 0 spiro atoms. The number of alkyl halides is 1. The van der Waals surface area contributed by atoms with Crippen LogP contribution in [0.15, 0.2) is 58.3 Å². The van der Waals surface area contributed by atoms with Gasteiger partial charge in [-0.15, -0.1) is 11.6 Å². The van der Waals surface area contributed by atoms with E-state index in [0.29, 0.717) is 5.88 Å². The van der Waals surface area contributed by atoms with Crippen LogP contribution >= 0.6 is 23.4 Å². The minimum absolute atomic E-state index is 0.284. The number of hydrogen-bond acceptors (Lipinski definition) is 2. The monoisotopic (exact) mass is 250 g/mol. The highest BCUT2D eigenvalue weighted by Gasteiger charge is 2.04. The van der Waals surface area contributed by atoms with Gasteiger partial charge in [0.25, 0.3) is 0 Å². The van der Waals surface area contributed by atoms with Crippen molar-refractivity contribution in [2.75, 3.05) is 0 Å². The fraction of sp³-hybridized carbons (Fsp3) is 0.0769. The van der Waals surface area contributed by atoms with E-state index in [1.54, 1.807) is 17.8 Å². The molecule has 0 fully saturated rings. The largest absolute Gasteiger partial charge is 0.507 e. The molecule has 0 saturated heterocycles. The van der Waals surface area contributed by atoms with Gasteiger partial charge in [-0.2, -0.15) is 0 Å². The van der Waals surface area contributed by atoms with Gasteiger partial charge in [0.2, 0.25) is 0 Å². The molecule has 16 heavy (non-hydrogen) atoms. The summed E-state index contributed by atoms with van der Waals surface area (Å²) in [5, 5.41) is 9.80. The van der Waals surface area contributed by atoms with Crippen molar-refractivity contribution in [3.63, 3.8) is 0 Å². The highest BCUT2D eigenvalue weighted by Crippen LogP contribution is 2.34. The summed E-state index contributed by atoms with van der Waals surface area (Å²) >= 11 is 7.23. The third-order valence-corrected chi connectivity index (χ3v) is 3.53. The van der Waals surface area contributed by atoms with Crippen LogP contribution in [0.2, 0.25) is 0 Å². The summed E-state index contributed by atoms with van der Waals surface area (Å²) in [6.45, 7) is 0.